The van der Waals surface area contributed by atoms with Crippen molar-refractivity contribution in [2.45, 2.75) is 18.5 Å². The van der Waals surface area contributed by atoms with Crippen LogP contribution < -0.4 is 0 Å². The molecule has 2 N–H and O–H groups in total. The molecule has 2 aromatic rings. The molecule has 0 atom stereocenters. The van der Waals surface area contributed by atoms with Gasteiger partial charge in [0.15, 0.2) is 5.03 Å². The summed E-state index contributed by atoms with van der Waals surface area (Å²) in [6, 6.07) is 9.25. The average molecular weight is 295 g/mol. The predicted molar refractivity (Wildman–Crippen MR) is 74.4 cm³/mol. The summed E-state index contributed by atoms with van der Waals surface area (Å²) in [6.07, 6.45) is 1.29. The first-order chi connectivity index (χ1) is 9.54. The van der Waals surface area contributed by atoms with E-state index >= 15 is 0 Å². The molecule has 1 aromatic carbocycles. The van der Waals surface area contributed by atoms with Gasteiger partial charge in [-0.2, -0.15) is 4.31 Å². The van der Waals surface area contributed by atoms with Crippen LogP contribution in [0.2, 0.25) is 0 Å². The van der Waals surface area contributed by atoms with Gasteiger partial charge in [0, 0.05) is 13.1 Å². The Morgan fingerprint density at radius 1 is 1.30 bits per heavy atom. The number of hydrogen-bond acceptors (Lipinski definition) is 4. The van der Waals surface area contributed by atoms with Crippen LogP contribution in [0.15, 0.2) is 41.6 Å². The van der Waals surface area contributed by atoms with E-state index < -0.39 is 10.0 Å². The average Bonchev–Trinajstić information content (AvgIpc) is 2.87. The van der Waals surface area contributed by atoms with Crippen molar-refractivity contribution in [3.05, 3.63) is 47.9 Å². The van der Waals surface area contributed by atoms with E-state index in [0.717, 1.165) is 5.56 Å². The molecule has 0 amide bonds. The summed E-state index contributed by atoms with van der Waals surface area (Å²) in [4.78, 5) is 6.63. The highest BCUT2D eigenvalue weighted by Gasteiger charge is 2.25. The monoisotopic (exact) mass is 295 g/mol. The first kappa shape index (κ1) is 14.7. The number of sulfonamides is 1. The number of H-pyrrole nitrogens is 1. The molecule has 108 valence electrons. The normalized spacial score (nSPS) is 11.9. The van der Waals surface area contributed by atoms with Crippen molar-refractivity contribution >= 4 is 10.0 Å². The number of nitrogens with zero attached hydrogens (tertiary/aromatic N) is 2. The molecular formula is C13H17N3O3S. The highest BCUT2D eigenvalue weighted by atomic mass is 32.2. The number of imidazole rings is 1. The minimum atomic E-state index is -3.69. The van der Waals surface area contributed by atoms with E-state index in [1.54, 1.807) is 6.92 Å². The lowest BCUT2D eigenvalue weighted by molar-refractivity contribution is 0.251. The van der Waals surface area contributed by atoms with Crippen LogP contribution in [0.4, 0.5) is 0 Å². The molecule has 0 fully saturated rings. The number of rotatable bonds is 6. The van der Waals surface area contributed by atoms with Gasteiger partial charge in [-0.3, -0.25) is 0 Å². The van der Waals surface area contributed by atoms with Crippen molar-refractivity contribution in [2.75, 3.05) is 13.2 Å². The lowest BCUT2D eigenvalue weighted by Crippen LogP contribution is -2.33. The molecule has 0 aliphatic carbocycles. The van der Waals surface area contributed by atoms with Crippen LogP contribution >= 0.6 is 0 Å². The van der Waals surface area contributed by atoms with E-state index in [1.807, 2.05) is 30.3 Å². The van der Waals surface area contributed by atoms with E-state index in [-0.39, 0.29) is 24.7 Å². The standard InChI is InChI=1S/C13H17N3O3S/c1-11-14-9-13(15-11)20(18,19)16(7-8-17)10-12-5-3-2-4-6-12/h2-6,9,17H,7-8,10H2,1H3,(H,14,15). The molecule has 0 unspecified atom stereocenters. The number of nitrogens with one attached hydrogen (secondary N) is 1. The zero-order valence-electron chi connectivity index (χ0n) is 11.2. The van der Waals surface area contributed by atoms with Gasteiger partial charge in [0.25, 0.3) is 10.0 Å². The minimum absolute atomic E-state index is 0.0370. The molecule has 0 aliphatic rings. The molecule has 20 heavy (non-hydrogen) atoms. The molecule has 6 nitrogen and oxygen atoms in total. The third-order valence-electron chi connectivity index (χ3n) is 2.85. The largest absolute Gasteiger partial charge is 0.395 e. The van der Waals surface area contributed by atoms with Gasteiger partial charge in [-0.15, -0.1) is 0 Å². The van der Waals surface area contributed by atoms with Crippen LogP contribution in [-0.2, 0) is 16.6 Å². The zero-order valence-corrected chi connectivity index (χ0v) is 12.0. The summed E-state index contributed by atoms with van der Waals surface area (Å²) in [7, 11) is -3.69. The molecule has 0 radical (unpaired) electrons. The second kappa shape index (κ2) is 6.17. The number of aryl methyl sites for hydroxylation is 1. The van der Waals surface area contributed by atoms with Crippen LogP contribution in [0, 0.1) is 6.92 Å². The Hall–Kier alpha value is -1.70. The van der Waals surface area contributed by atoms with Gasteiger partial charge in [-0.25, -0.2) is 13.4 Å². The molecule has 1 heterocycles. The lowest BCUT2D eigenvalue weighted by atomic mass is 10.2. The molecule has 2 rings (SSSR count). The van der Waals surface area contributed by atoms with E-state index in [1.165, 1.54) is 10.5 Å². The Labute approximate surface area is 118 Å². The number of aromatic amines is 1. The third-order valence-corrected chi connectivity index (χ3v) is 4.60. The molecular weight excluding hydrogens is 278 g/mol. The summed E-state index contributed by atoms with van der Waals surface area (Å²) < 4.78 is 26.2. The second-order valence-electron chi connectivity index (χ2n) is 4.38. The van der Waals surface area contributed by atoms with Gasteiger partial charge >= 0.3 is 0 Å². The SMILES string of the molecule is Cc1ncc(S(=O)(=O)N(CCO)Cc2ccccc2)[nH]1. The highest BCUT2D eigenvalue weighted by molar-refractivity contribution is 7.89. The fourth-order valence-corrected chi connectivity index (χ4v) is 3.23. The number of benzene rings is 1. The Kier molecular flexibility index (Phi) is 4.53. The number of hydrogen-bond donors (Lipinski definition) is 2. The summed E-state index contributed by atoms with van der Waals surface area (Å²) in [6.45, 7) is 1.70. The fraction of sp³-hybridized carbons (Fsp3) is 0.308. The first-order valence-corrected chi connectivity index (χ1v) is 7.64. The second-order valence-corrected chi connectivity index (χ2v) is 6.29. The van der Waals surface area contributed by atoms with Gasteiger partial charge in [0.05, 0.1) is 12.8 Å². The van der Waals surface area contributed by atoms with Crippen molar-refractivity contribution in [1.29, 1.82) is 0 Å². The van der Waals surface area contributed by atoms with Crippen molar-refractivity contribution in [3.8, 4) is 0 Å². The third kappa shape index (κ3) is 3.24. The van der Waals surface area contributed by atoms with Crippen molar-refractivity contribution in [3.63, 3.8) is 0 Å². The maximum Gasteiger partial charge on any atom is 0.260 e. The zero-order chi connectivity index (χ0) is 14.6. The van der Waals surface area contributed by atoms with Crippen LogP contribution in [-0.4, -0.2) is 40.9 Å². The number of aromatic nitrogens is 2. The summed E-state index contributed by atoms with van der Waals surface area (Å²) in [5.41, 5.74) is 0.862. The van der Waals surface area contributed by atoms with E-state index in [0.29, 0.717) is 5.82 Å². The Morgan fingerprint density at radius 3 is 2.55 bits per heavy atom. The summed E-state index contributed by atoms with van der Waals surface area (Å²) in [5.74, 6) is 0.534. The quantitative estimate of drug-likeness (QED) is 0.829. The smallest absolute Gasteiger partial charge is 0.260 e. The van der Waals surface area contributed by atoms with E-state index in [4.69, 9.17) is 5.11 Å². The van der Waals surface area contributed by atoms with E-state index in [9.17, 15) is 8.42 Å². The van der Waals surface area contributed by atoms with Gasteiger partial charge in [-0.1, -0.05) is 30.3 Å². The van der Waals surface area contributed by atoms with Crippen LogP contribution in [0.25, 0.3) is 0 Å². The molecule has 0 saturated heterocycles. The minimum Gasteiger partial charge on any atom is -0.395 e. The topological polar surface area (TPSA) is 86.3 Å². The molecule has 7 heteroatoms. The molecule has 0 saturated carbocycles. The first-order valence-electron chi connectivity index (χ1n) is 6.20. The summed E-state index contributed by atoms with van der Waals surface area (Å²) in [5, 5.41) is 9.14. The van der Waals surface area contributed by atoms with E-state index in [2.05, 4.69) is 9.97 Å². The number of aliphatic hydroxyl groups is 1. The molecule has 0 bridgehead atoms. The molecule has 0 aliphatic heterocycles. The maximum absolute atomic E-state index is 12.5. The molecule has 0 spiro atoms. The Balaban J connectivity index is 2.28. The lowest BCUT2D eigenvalue weighted by Gasteiger charge is -2.20. The van der Waals surface area contributed by atoms with Gasteiger partial charge in [0.2, 0.25) is 0 Å². The van der Waals surface area contributed by atoms with Gasteiger partial charge < -0.3 is 10.1 Å². The summed E-state index contributed by atoms with van der Waals surface area (Å²) >= 11 is 0. The Morgan fingerprint density at radius 2 is 2.00 bits per heavy atom. The van der Waals surface area contributed by atoms with Gasteiger partial charge in [-0.05, 0) is 12.5 Å². The Bertz CT molecular complexity index is 653. The predicted octanol–water partition coefficient (Wildman–Crippen LogP) is 0.901. The van der Waals surface area contributed by atoms with Crippen LogP contribution in [0.1, 0.15) is 11.4 Å². The fourth-order valence-electron chi connectivity index (χ4n) is 1.85. The van der Waals surface area contributed by atoms with Crippen LogP contribution in [0.3, 0.4) is 0 Å². The maximum atomic E-state index is 12.5. The van der Waals surface area contributed by atoms with Crippen LogP contribution in [0.5, 0.6) is 0 Å². The van der Waals surface area contributed by atoms with Crippen molar-refractivity contribution in [2.24, 2.45) is 0 Å². The van der Waals surface area contributed by atoms with Crippen molar-refractivity contribution < 1.29 is 13.5 Å². The van der Waals surface area contributed by atoms with Gasteiger partial charge in [0.1, 0.15) is 5.82 Å². The highest BCUT2D eigenvalue weighted by Crippen LogP contribution is 2.16. The number of aliphatic hydroxyl groups excluding tert-OH is 1. The molecule has 1 aromatic heterocycles. The van der Waals surface area contributed by atoms with Crippen molar-refractivity contribution in [1.82, 2.24) is 14.3 Å².